The van der Waals surface area contributed by atoms with Crippen LogP contribution in [-0.4, -0.2) is 47.8 Å². The first-order valence-corrected chi connectivity index (χ1v) is 14.3. The molecule has 4 rings (SSSR count). The van der Waals surface area contributed by atoms with Gasteiger partial charge >= 0.3 is 0 Å². The van der Waals surface area contributed by atoms with Crippen LogP contribution in [0.25, 0.3) is 0 Å². The van der Waals surface area contributed by atoms with E-state index in [-0.39, 0.29) is 24.3 Å². The highest BCUT2D eigenvalue weighted by Crippen LogP contribution is 2.17. The van der Waals surface area contributed by atoms with Gasteiger partial charge in [0, 0.05) is 44.4 Å². The summed E-state index contributed by atoms with van der Waals surface area (Å²) in [7, 11) is 0. The first kappa shape index (κ1) is 29.8. The van der Waals surface area contributed by atoms with E-state index in [1.807, 2.05) is 72.8 Å². The number of likely N-dealkylation sites (tertiary alicyclic amines) is 1. The number of hydrogen-bond donors (Lipinski definition) is 3. The number of carbonyl (C=O) groups excluding carboxylic acids is 3. The third-order valence-electron chi connectivity index (χ3n) is 7.42. The minimum atomic E-state index is -0.745. The zero-order valence-corrected chi connectivity index (χ0v) is 23.6. The molecule has 0 bridgehead atoms. The third-order valence-corrected chi connectivity index (χ3v) is 7.42. The van der Waals surface area contributed by atoms with E-state index in [1.54, 1.807) is 6.92 Å². The van der Waals surface area contributed by atoms with Gasteiger partial charge in [-0.05, 0) is 41.7 Å². The molecule has 0 unspecified atom stereocenters. The lowest BCUT2D eigenvalue weighted by molar-refractivity contribution is -0.129. The predicted molar refractivity (Wildman–Crippen MR) is 159 cm³/mol. The van der Waals surface area contributed by atoms with Crippen molar-refractivity contribution in [1.29, 1.82) is 0 Å². The lowest BCUT2D eigenvalue weighted by Gasteiger charge is -2.22. The number of rotatable bonds is 14. The number of primary amides is 1. The van der Waals surface area contributed by atoms with E-state index in [0.717, 1.165) is 42.9 Å². The molecule has 0 aliphatic carbocycles. The van der Waals surface area contributed by atoms with Crippen molar-refractivity contribution in [3.8, 4) is 5.75 Å². The smallest absolute Gasteiger partial charge is 0.243 e. The molecule has 216 valence electrons. The number of ether oxygens (including phenoxy) is 1. The van der Waals surface area contributed by atoms with Crippen LogP contribution in [0.15, 0.2) is 84.9 Å². The van der Waals surface area contributed by atoms with Gasteiger partial charge in [0.1, 0.15) is 18.4 Å². The molecule has 3 atom stereocenters. The molecule has 1 aliphatic heterocycles. The SMILES string of the molecule is C[C@@H](CCC(=O)N[C@@H](Cc1ccc(OCc2ccccc2)cc1)C(=O)N[C@H]1CCN(Cc2ccccc2)C1)C(N)=O. The predicted octanol–water partition coefficient (Wildman–Crippen LogP) is 3.59. The van der Waals surface area contributed by atoms with E-state index in [9.17, 15) is 14.4 Å². The molecule has 1 heterocycles. The second-order valence-corrected chi connectivity index (χ2v) is 10.8. The van der Waals surface area contributed by atoms with Gasteiger partial charge < -0.3 is 21.1 Å². The fourth-order valence-corrected chi connectivity index (χ4v) is 4.90. The first-order valence-electron chi connectivity index (χ1n) is 14.3. The van der Waals surface area contributed by atoms with E-state index in [0.29, 0.717) is 19.4 Å². The van der Waals surface area contributed by atoms with Gasteiger partial charge in [-0.2, -0.15) is 0 Å². The summed E-state index contributed by atoms with van der Waals surface area (Å²) >= 11 is 0. The maximum atomic E-state index is 13.4. The fourth-order valence-electron chi connectivity index (χ4n) is 4.90. The van der Waals surface area contributed by atoms with Crippen molar-refractivity contribution in [2.45, 2.75) is 57.8 Å². The van der Waals surface area contributed by atoms with Crippen molar-refractivity contribution >= 4 is 17.7 Å². The van der Waals surface area contributed by atoms with Crippen molar-refractivity contribution in [3.63, 3.8) is 0 Å². The van der Waals surface area contributed by atoms with E-state index in [4.69, 9.17) is 10.5 Å². The molecule has 8 heteroatoms. The Morgan fingerprint density at radius 2 is 1.59 bits per heavy atom. The zero-order valence-electron chi connectivity index (χ0n) is 23.6. The monoisotopic (exact) mass is 556 g/mol. The number of carbonyl (C=O) groups is 3. The zero-order chi connectivity index (χ0) is 29.0. The fraction of sp³-hybridized carbons (Fsp3) is 0.364. The molecule has 4 N–H and O–H groups in total. The van der Waals surface area contributed by atoms with Crippen LogP contribution in [0, 0.1) is 5.92 Å². The Balaban J connectivity index is 1.35. The third kappa shape index (κ3) is 9.76. The maximum Gasteiger partial charge on any atom is 0.243 e. The molecule has 0 spiro atoms. The van der Waals surface area contributed by atoms with E-state index in [2.05, 4.69) is 27.7 Å². The van der Waals surface area contributed by atoms with Crippen LogP contribution in [-0.2, 0) is 34.0 Å². The summed E-state index contributed by atoms with van der Waals surface area (Å²) in [4.78, 5) is 39.9. The minimum Gasteiger partial charge on any atom is -0.489 e. The Kier molecular flexibility index (Phi) is 10.9. The van der Waals surface area contributed by atoms with Gasteiger partial charge in [0.15, 0.2) is 0 Å². The van der Waals surface area contributed by atoms with Crippen LogP contribution in [0.2, 0.25) is 0 Å². The lowest BCUT2D eigenvalue weighted by Crippen LogP contribution is -2.51. The number of nitrogens with one attached hydrogen (secondary N) is 2. The largest absolute Gasteiger partial charge is 0.489 e. The average Bonchev–Trinajstić information content (AvgIpc) is 3.42. The van der Waals surface area contributed by atoms with E-state index >= 15 is 0 Å². The summed E-state index contributed by atoms with van der Waals surface area (Å²) in [5.74, 6) is -0.614. The molecule has 3 aromatic carbocycles. The standard InChI is InChI=1S/C33H40N4O4/c1-24(32(34)39)12-17-31(38)36-30(20-25-13-15-29(16-14-25)41-23-27-10-6-3-7-11-27)33(40)35-28-18-19-37(22-28)21-26-8-4-2-5-9-26/h2-11,13-16,24,28,30H,12,17-23H2,1H3,(H2,34,39)(H,35,40)(H,36,38)/t24-,28-,30-/m0/s1. The number of amides is 3. The van der Waals surface area contributed by atoms with Gasteiger partial charge in [0.25, 0.3) is 0 Å². The van der Waals surface area contributed by atoms with Crippen LogP contribution in [0.3, 0.4) is 0 Å². The summed E-state index contributed by atoms with van der Waals surface area (Å²) in [6.07, 6.45) is 1.64. The molecular weight excluding hydrogens is 516 g/mol. The minimum absolute atomic E-state index is 0.00857. The van der Waals surface area contributed by atoms with Gasteiger partial charge in [-0.1, -0.05) is 79.7 Å². The Morgan fingerprint density at radius 3 is 2.24 bits per heavy atom. The maximum absolute atomic E-state index is 13.4. The molecule has 1 aliphatic rings. The van der Waals surface area contributed by atoms with Crippen molar-refractivity contribution < 1.29 is 19.1 Å². The Labute approximate surface area is 242 Å². The van der Waals surface area contributed by atoms with Crippen molar-refractivity contribution in [3.05, 3.63) is 102 Å². The van der Waals surface area contributed by atoms with Gasteiger partial charge in [-0.3, -0.25) is 19.3 Å². The topological polar surface area (TPSA) is 114 Å². The molecule has 0 aromatic heterocycles. The summed E-state index contributed by atoms with van der Waals surface area (Å²) in [5, 5.41) is 6.06. The summed E-state index contributed by atoms with van der Waals surface area (Å²) < 4.78 is 5.89. The first-order chi connectivity index (χ1) is 19.9. The Morgan fingerprint density at radius 1 is 0.927 bits per heavy atom. The summed E-state index contributed by atoms with van der Waals surface area (Å²) in [5.41, 5.74) is 8.57. The second-order valence-electron chi connectivity index (χ2n) is 10.8. The van der Waals surface area contributed by atoms with E-state index in [1.165, 1.54) is 5.56 Å². The van der Waals surface area contributed by atoms with Crippen molar-refractivity contribution in [1.82, 2.24) is 15.5 Å². The lowest BCUT2D eigenvalue weighted by atomic mass is 10.0. The molecule has 0 saturated carbocycles. The van der Waals surface area contributed by atoms with Gasteiger partial charge in [0.05, 0.1) is 0 Å². The second kappa shape index (κ2) is 15.0. The van der Waals surface area contributed by atoms with Crippen molar-refractivity contribution in [2.24, 2.45) is 11.7 Å². The molecule has 3 amide bonds. The normalized spacial score (nSPS) is 16.5. The van der Waals surface area contributed by atoms with Gasteiger partial charge in [0.2, 0.25) is 17.7 Å². The van der Waals surface area contributed by atoms with Crippen LogP contribution in [0.1, 0.15) is 42.9 Å². The number of nitrogens with zero attached hydrogens (tertiary/aromatic N) is 1. The Hall–Kier alpha value is -4.17. The molecule has 0 radical (unpaired) electrons. The van der Waals surface area contributed by atoms with Crippen LogP contribution < -0.4 is 21.1 Å². The summed E-state index contributed by atoms with van der Waals surface area (Å²) in [6, 6.07) is 27.1. The average molecular weight is 557 g/mol. The highest BCUT2D eigenvalue weighted by Gasteiger charge is 2.28. The molecule has 41 heavy (non-hydrogen) atoms. The number of nitrogens with two attached hydrogens (primary N) is 1. The summed E-state index contributed by atoms with van der Waals surface area (Å²) in [6.45, 7) is 4.65. The van der Waals surface area contributed by atoms with E-state index < -0.39 is 17.9 Å². The van der Waals surface area contributed by atoms with Crippen LogP contribution in [0.5, 0.6) is 5.75 Å². The number of benzene rings is 3. The van der Waals surface area contributed by atoms with Crippen LogP contribution >= 0.6 is 0 Å². The quantitative estimate of drug-likeness (QED) is 0.281. The molecule has 8 nitrogen and oxygen atoms in total. The number of hydrogen-bond acceptors (Lipinski definition) is 5. The highest BCUT2D eigenvalue weighted by atomic mass is 16.5. The van der Waals surface area contributed by atoms with Gasteiger partial charge in [-0.25, -0.2) is 0 Å². The molecular formula is C33H40N4O4. The van der Waals surface area contributed by atoms with Gasteiger partial charge in [-0.15, -0.1) is 0 Å². The molecule has 1 saturated heterocycles. The molecule has 1 fully saturated rings. The molecule has 3 aromatic rings. The van der Waals surface area contributed by atoms with Crippen LogP contribution in [0.4, 0.5) is 0 Å². The van der Waals surface area contributed by atoms with Crippen molar-refractivity contribution in [2.75, 3.05) is 13.1 Å². The highest BCUT2D eigenvalue weighted by molar-refractivity contribution is 5.88. The Bertz CT molecular complexity index is 1270.